The summed E-state index contributed by atoms with van der Waals surface area (Å²) in [6, 6.07) is 14.9. The van der Waals surface area contributed by atoms with Crippen molar-refractivity contribution in [2.45, 2.75) is 18.2 Å². The Morgan fingerprint density at radius 2 is 2.07 bits per heavy atom. The smallest absolute Gasteiger partial charge is 0.233 e. The number of para-hydroxylation sites is 1. The van der Waals surface area contributed by atoms with Crippen molar-refractivity contribution < 1.29 is 9.90 Å². The van der Waals surface area contributed by atoms with Gasteiger partial charge in [-0.1, -0.05) is 29.8 Å². The second-order valence-corrected chi connectivity index (χ2v) is 8.47. The van der Waals surface area contributed by atoms with Crippen molar-refractivity contribution in [3.8, 4) is 5.75 Å². The fourth-order valence-electron chi connectivity index (χ4n) is 3.56. The number of thioether (sulfide) groups is 1. The topological polar surface area (TPSA) is 65.5 Å². The number of rotatable bonds is 7. The number of fused-ring (bicyclic) bond motifs is 1. The average molecular weight is 428 g/mol. The molecular formula is C22H22ClN3O2S. The van der Waals surface area contributed by atoms with E-state index < -0.39 is 0 Å². The number of amides is 1. The minimum absolute atomic E-state index is 0.106. The molecule has 150 valence electrons. The zero-order valence-corrected chi connectivity index (χ0v) is 17.4. The number of unbranched alkanes of at least 4 members (excludes halogenated alkanes) is 1. The Balaban J connectivity index is 1.32. The molecule has 2 N–H and O–H groups in total. The summed E-state index contributed by atoms with van der Waals surface area (Å²) >= 11 is 7.62. The van der Waals surface area contributed by atoms with Gasteiger partial charge in [0, 0.05) is 40.9 Å². The third-order valence-electron chi connectivity index (χ3n) is 5.02. The number of pyridine rings is 1. The molecule has 1 aliphatic heterocycles. The van der Waals surface area contributed by atoms with Crippen LogP contribution in [0.5, 0.6) is 5.75 Å². The predicted molar refractivity (Wildman–Crippen MR) is 119 cm³/mol. The molecule has 0 radical (unpaired) electrons. The molecule has 5 nitrogen and oxygen atoms in total. The first-order valence-corrected chi connectivity index (χ1v) is 11.0. The fraction of sp³-hybridized carbons (Fsp3) is 0.273. The Morgan fingerprint density at radius 1 is 1.21 bits per heavy atom. The lowest BCUT2D eigenvalue weighted by Gasteiger charge is -2.24. The van der Waals surface area contributed by atoms with E-state index in [2.05, 4.69) is 10.3 Å². The highest BCUT2D eigenvalue weighted by molar-refractivity contribution is 8.00. The van der Waals surface area contributed by atoms with Crippen molar-refractivity contribution in [1.82, 2.24) is 9.88 Å². The molecule has 1 fully saturated rings. The number of phenols is 1. The van der Waals surface area contributed by atoms with Crippen LogP contribution in [0.4, 0.5) is 5.69 Å². The first kappa shape index (κ1) is 19.9. The molecule has 0 spiro atoms. The largest absolute Gasteiger partial charge is 0.508 e. The van der Waals surface area contributed by atoms with Gasteiger partial charge in [-0.15, -0.1) is 11.8 Å². The Hall–Kier alpha value is -2.44. The summed E-state index contributed by atoms with van der Waals surface area (Å²) in [4.78, 5) is 18.6. The maximum atomic E-state index is 12.3. The van der Waals surface area contributed by atoms with Gasteiger partial charge in [0.05, 0.1) is 11.3 Å². The summed E-state index contributed by atoms with van der Waals surface area (Å²) in [5.41, 5.74) is 2.71. The Kier molecular flexibility index (Phi) is 6.11. The number of hydrogen-bond acceptors (Lipinski definition) is 5. The van der Waals surface area contributed by atoms with Gasteiger partial charge in [-0.3, -0.25) is 9.78 Å². The number of carbonyl (C=O) groups is 1. The van der Waals surface area contributed by atoms with Crippen LogP contribution in [0.25, 0.3) is 10.9 Å². The molecule has 29 heavy (non-hydrogen) atoms. The maximum absolute atomic E-state index is 12.3. The van der Waals surface area contributed by atoms with Crippen molar-refractivity contribution in [2.24, 2.45) is 0 Å². The maximum Gasteiger partial charge on any atom is 0.233 e. The summed E-state index contributed by atoms with van der Waals surface area (Å²) in [7, 11) is 0. The predicted octanol–water partition coefficient (Wildman–Crippen LogP) is 5.06. The van der Waals surface area contributed by atoms with Gasteiger partial charge in [-0.05, 0) is 43.2 Å². The molecule has 7 heteroatoms. The van der Waals surface area contributed by atoms with Gasteiger partial charge in [0.25, 0.3) is 0 Å². The molecule has 1 amide bonds. The number of phenolic OH excluding ortho intramolecular Hbond substituents is 1. The van der Waals surface area contributed by atoms with Gasteiger partial charge in [-0.2, -0.15) is 0 Å². The monoisotopic (exact) mass is 427 g/mol. The Morgan fingerprint density at radius 3 is 2.93 bits per heavy atom. The van der Waals surface area contributed by atoms with Crippen molar-refractivity contribution in [1.29, 1.82) is 0 Å². The van der Waals surface area contributed by atoms with E-state index in [4.69, 9.17) is 11.6 Å². The van der Waals surface area contributed by atoms with E-state index in [0.717, 1.165) is 41.5 Å². The molecule has 0 saturated carbocycles. The zero-order chi connectivity index (χ0) is 20.2. The van der Waals surface area contributed by atoms with Gasteiger partial charge in [0.2, 0.25) is 5.91 Å². The molecule has 2 aromatic carbocycles. The molecular weight excluding hydrogens is 406 g/mol. The van der Waals surface area contributed by atoms with E-state index in [0.29, 0.717) is 17.3 Å². The van der Waals surface area contributed by atoms with Gasteiger partial charge in [-0.25, -0.2) is 0 Å². The lowest BCUT2D eigenvalue weighted by Crippen LogP contribution is -2.29. The summed E-state index contributed by atoms with van der Waals surface area (Å²) < 4.78 is 0. The van der Waals surface area contributed by atoms with Crippen LogP contribution in [0.3, 0.4) is 0 Å². The molecule has 0 bridgehead atoms. The van der Waals surface area contributed by atoms with Gasteiger partial charge in [0.1, 0.15) is 11.1 Å². The van der Waals surface area contributed by atoms with E-state index in [9.17, 15) is 9.90 Å². The van der Waals surface area contributed by atoms with Crippen LogP contribution in [0, 0.1) is 0 Å². The Bertz CT molecular complexity index is 1030. The first-order valence-electron chi connectivity index (χ1n) is 9.60. The number of aromatic hydroxyl groups is 1. The second-order valence-electron chi connectivity index (χ2n) is 6.96. The lowest BCUT2D eigenvalue weighted by molar-refractivity contribution is -0.128. The number of benzene rings is 2. The van der Waals surface area contributed by atoms with E-state index >= 15 is 0 Å². The van der Waals surface area contributed by atoms with Crippen molar-refractivity contribution in [3.63, 3.8) is 0 Å². The normalized spacial score (nSPS) is 16.5. The van der Waals surface area contributed by atoms with E-state index in [1.807, 2.05) is 41.3 Å². The minimum atomic E-state index is -0.106. The average Bonchev–Trinajstić information content (AvgIpc) is 3.08. The number of anilines is 1. The lowest BCUT2D eigenvalue weighted by atomic mass is 10.1. The molecule has 3 aromatic rings. The SMILES string of the molecule is O=C1CSC(c2ccccc2O)N1CCCCNc1ccnc2cc(Cl)ccc12. The summed E-state index contributed by atoms with van der Waals surface area (Å²) in [5, 5.41) is 15.2. The number of carbonyl (C=O) groups excluding carboxylic acids is 1. The third kappa shape index (κ3) is 4.43. The molecule has 1 unspecified atom stereocenters. The number of halogens is 1. The number of nitrogens with zero attached hydrogens (tertiary/aromatic N) is 2. The molecule has 4 rings (SSSR count). The van der Waals surface area contributed by atoms with Gasteiger partial charge < -0.3 is 15.3 Å². The number of aromatic nitrogens is 1. The van der Waals surface area contributed by atoms with Crippen LogP contribution in [0.2, 0.25) is 5.02 Å². The van der Waals surface area contributed by atoms with Crippen LogP contribution >= 0.6 is 23.4 Å². The molecule has 1 atom stereocenters. The molecule has 2 heterocycles. The van der Waals surface area contributed by atoms with Crippen LogP contribution in [-0.2, 0) is 4.79 Å². The summed E-state index contributed by atoms with van der Waals surface area (Å²) in [6.07, 6.45) is 3.59. The number of hydrogen-bond donors (Lipinski definition) is 2. The molecule has 1 saturated heterocycles. The molecule has 1 aliphatic rings. The summed E-state index contributed by atoms with van der Waals surface area (Å²) in [6.45, 7) is 1.48. The van der Waals surface area contributed by atoms with Gasteiger partial charge in [0.15, 0.2) is 0 Å². The fourth-order valence-corrected chi connectivity index (χ4v) is 4.97. The molecule has 1 aromatic heterocycles. The van der Waals surface area contributed by atoms with Gasteiger partial charge >= 0.3 is 0 Å². The van der Waals surface area contributed by atoms with Crippen LogP contribution < -0.4 is 5.32 Å². The first-order chi connectivity index (χ1) is 14.1. The Labute approximate surface area is 179 Å². The van der Waals surface area contributed by atoms with Crippen molar-refractivity contribution >= 4 is 45.9 Å². The molecule has 0 aliphatic carbocycles. The van der Waals surface area contributed by atoms with Crippen LogP contribution in [0.1, 0.15) is 23.8 Å². The highest BCUT2D eigenvalue weighted by Gasteiger charge is 2.33. The quantitative estimate of drug-likeness (QED) is 0.516. The van der Waals surface area contributed by atoms with Crippen LogP contribution in [-0.4, -0.2) is 39.7 Å². The van der Waals surface area contributed by atoms with E-state index in [-0.39, 0.29) is 17.0 Å². The highest BCUT2D eigenvalue weighted by Crippen LogP contribution is 2.42. The zero-order valence-electron chi connectivity index (χ0n) is 15.8. The standard InChI is InChI=1S/C22H22ClN3O2S/c23-15-7-8-16-18(9-11-25-19(16)13-15)24-10-3-4-12-26-21(28)14-29-22(26)17-5-1-2-6-20(17)27/h1-2,5-9,11,13,22,27H,3-4,10,12,14H2,(H,24,25). The second kappa shape index (κ2) is 8.93. The van der Waals surface area contributed by atoms with Crippen LogP contribution in [0.15, 0.2) is 54.7 Å². The van der Waals surface area contributed by atoms with Crippen molar-refractivity contribution in [3.05, 3.63) is 65.3 Å². The van der Waals surface area contributed by atoms with Crippen molar-refractivity contribution in [2.75, 3.05) is 24.2 Å². The van der Waals surface area contributed by atoms with E-state index in [1.165, 1.54) is 0 Å². The minimum Gasteiger partial charge on any atom is -0.508 e. The number of nitrogens with one attached hydrogen (secondary N) is 1. The third-order valence-corrected chi connectivity index (χ3v) is 6.49. The summed E-state index contributed by atoms with van der Waals surface area (Å²) in [5.74, 6) is 0.840. The highest BCUT2D eigenvalue weighted by atomic mass is 35.5. The van der Waals surface area contributed by atoms with E-state index in [1.54, 1.807) is 30.1 Å².